The van der Waals surface area contributed by atoms with Crippen LogP contribution in [-0.4, -0.2) is 42.3 Å². The number of nitrogens with zero attached hydrogens (tertiary/aromatic N) is 2. The Balaban J connectivity index is 2.50. The maximum absolute atomic E-state index is 11.7. The molecule has 0 saturated heterocycles. The maximum atomic E-state index is 11.7. The van der Waals surface area contributed by atoms with Gasteiger partial charge in [-0.1, -0.05) is 6.92 Å². The minimum atomic E-state index is 0.00572. The summed E-state index contributed by atoms with van der Waals surface area (Å²) >= 11 is 0. The highest BCUT2D eigenvalue weighted by atomic mass is 16.5. The molecule has 20 heavy (non-hydrogen) atoms. The van der Waals surface area contributed by atoms with Crippen molar-refractivity contribution in [3.63, 3.8) is 0 Å². The van der Waals surface area contributed by atoms with Gasteiger partial charge in [-0.2, -0.15) is 0 Å². The van der Waals surface area contributed by atoms with Gasteiger partial charge < -0.3 is 15.0 Å². The van der Waals surface area contributed by atoms with E-state index >= 15 is 0 Å². The molecule has 5 heteroatoms. The number of nitrogens with two attached hydrogens (primary N) is 1. The molecule has 0 aliphatic heterocycles. The van der Waals surface area contributed by atoms with E-state index in [1.54, 1.807) is 23.9 Å². The van der Waals surface area contributed by atoms with E-state index in [-0.39, 0.29) is 5.56 Å². The highest BCUT2D eigenvalue weighted by Gasteiger charge is 2.11. The summed E-state index contributed by atoms with van der Waals surface area (Å²) in [6.07, 6.45) is 3.75. The van der Waals surface area contributed by atoms with Crippen molar-refractivity contribution < 1.29 is 4.74 Å². The molecule has 5 nitrogen and oxygen atoms in total. The number of aromatic nitrogens is 1. The third kappa shape index (κ3) is 5.35. The minimum Gasteiger partial charge on any atom is -0.398 e. The van der Waals surface area contributed by atoms with Gasteiger partial charge in [0.15, 0.2) is 0 Å². The van der Waals surface area contributed by atoms with Crippen LogP contribution in [0.25, 0.3) is 0 Å². The van der Waals surface area contributed by atoms with E-state index < -0.39 is 0 Å². The van der Waals surface area contributed by atoms with Crippen LogP contribution in [0, 0.1) is 0 Å². The number of nitrogen functional groups attached to an aromatic ring is 1. The molecule has 0 aromatic carbocycles. The number of hydrogen-bond donors (Lipinski definition) is 1. The predicted octanol–water partition coefficient (Wildman–Crippen LogP) is 1.57. The Morgan fingerprint density at radius 3 is 2.80 bits per heavy atom. The van der Waals surface area contributed by atoms with Gasteiger partial charge in [0.05, 0.1) is 6.61 Å². The lowest BCUT2D eigenvalue weighted by Gasteiger charge is -2.28. The standard InChI is InChI=1S/C15H27N3O2/c1-4-13(2)17(10-11-20-3)8-5-9-18-12-14(16)6-7-15(18)19/h6-7,12-13H,4-5,8-11,16H2,1-3H3. The third-order valence-corrected chi connectivity index (χ3v) is 3.65. The topological polar surface area (TPSA) is 60.5 Å². The van der Waals surface area contributed by atoms with Gasteiger partial charge in [-0.3, -0.25) is 9.69 Å². The molecular weight excluding hydrogens is 254 g/mol. The lowest BCUT2D eigenvalue weighted by atomic mass is 10.2. The zero-order chi connectivity index (χ0) is 15.0. The van der Waals surface area contributed by atoms with Gasteiger partial charge in [0.2, 0.25) is 0 Å². The van der Waals surface area contributed by atoms with Gasteiger partial charge in [-0.05, 0) is 25.8 Å². The average Bonchev–Trinajstić information content (AvgIpc) is 2.45. The van der Waals surface area contributed by atoms with Crippen molar-refractivity contribution in [3.05, 3.63) is 28.7 Å². The SMILES string of the molecule is CCC(C)N(CCCn1cc(N)ccc1=O)CCOC. The normalized spacial score (nSPS) is 12.8. The lowest BCUT2D eigenvalue weighted by Crippen LogP contribution is -2.36. The minimum absolute atomic E-state index is 0.00572. The van der Waals surface area contributed by atoms with Crippen molar-refractivity contribution in [3.8, 4) is 0 Å². The Labute approximate surface area is 121 Å². The van der Waals surface area contributed by atoms with Crippen molar-refractivity contribution in [2.24, 2.45) is 0 Å². The van der Waals surface area contributed by atoms with Crippen LogP contribution < -0.4 is 11.3 Å². The van der Waals surface area contributed by atoms with E-state index in [4.69, 9.17) is 10.5 Å². The highest BCUT2D eigenvalue weighted by molar-refractivity contribution is 5.33. The largest absolute Gasteiger partial charge is 0.398 e. The molecule has 0 fully saturated rings. The van der Waals surface area contributed by atoms with Crippen LogP contribution >= 0.6 is 0 Å². The van der Waals surface area contributed by atoms with E-state index in [9.17, 15) is 4.79 Å². The first-order valence-electron chi connectivity index (χ1n) is 7.27. The summed E-state index contributed by atoms with van der Waals surface area (Å²) in [5.41, 5.74) is 6.34. The number of ether oxygens (including phenoxy) is 1. The molecule has 0 bridgehead atoms. The highest BCUT2D eigenvalue weighted by Crippen LogP contribution is 2.05. The first kappa shape index (κ1) is 16.7. The molecule has 114 valence electrons. The fourth-order valence-electron chi connectivity index (χ4n) is 2.19. The van der Waals surface area contributed by atoms with Gasteiger partial charge in [0.25, 0.3) is 5.56 Å². The van der Waals surface area contributed by atoms with E-state index in [1.807, 2.05) is 0 Å². The van der Waals surface area contributed by atoms with E-state index in [0.717, 1.165) is 32.5 Å². The van der Waals surface area contributed by atoms with E-state index in [2.05, 4.69) is 18.7 Å². The summed E-state index contributed by atoms with van der Waals surface area (Å²) < 4.78 is 6.83. The molecule has 0 aliphatic carbocycles. The second kappa shape index (κ2) is 8.76. The molecule has 1 aromatic rings. The molecule has 0 saturated carbocycles. The van der Waals surface area contributed by atoms with Crippen LogP contribution in [0.2, 0.25) is 0 Å². The third-order valence-electron chi connectivity index (χ3n) is 3.65. The maximum Gasteiger partial charge on any atom is 0.250 e. The Kier molecular flexibility index (Phi) is 7.33. The van der Waals surface area contributed by atoms with Gasteiger partial charge >= 0.3 is 0 Å². The zero-order valence-corrected chi connectivity index (χ0v) is 12.8. The first-order valence-corrected chi connectivity index (χ1v) is 7.27. The van der Waals surface area contributed by atoms with E-state index in [1.165, 1.54) is 6.07 Å². The molecule has 0 aliphatic rings. The summed E-state index contributed by atoms with van der Waals surface area (Å²) in [6.45, 7) is 7.73. The lowest BCUT2D eigenvalue weighted by molar-refractivity contribution is 0.121. The molecule has 1 aromatic heterocycles. The second-order valence-corrected chi connectivity index (χ2v) is 5.13. The van der Waals surface area contributed by atoms with Crippen molar-refractivity contribution in [1.29, 1.82) is 0 Å². The van der Waals surface area contributed by atoms with Crippen LogP contribution in [0.3, 0.4) is 0 Å². The summed E-state index contributed by atoms with van der Waals surface area (Å²) in [6, 6.07) is 3.69. The Morgan fingerprint density at radius 1 is 1.40 bits per heavy atom. The smallest absolute Gasteiger partial charge is 0.250 e. The second-order valence-electron chi connectivity index (χ2n) is 5.13. The number of methoxy groups -OCH3 is 1. The molecule has 0 radical (unpaired) electrons. The Bertz CT molecular complexity index is 445. The summed E-state index contributed by atoms with van der Waals surface area (Å²) in [7, 11) is 1.72. The number of rotatable bonds is 9. The molecule has 0 spiro atoms. The summed E-state index contributed by atoms with van der Waals surface area (Å²) in [5, 5.41) is 0. The average molecular weight is 281 g/mol. The van der Waals surface area contributed by atoms with Gasteiger partial charge in [0, 0.05) is 50.7 Å². The predicted molar refractivity (Wildman–Crippen MR) is 82.9 cm³/mol. The Morgan fingerprint density at radius 2 is 2.15 bits per heavy atom. The van der Waals surface area contributed by atoms with Gasteiger partial charge in [0.1, 0.15) is 0 Å². The van der Waals surface area contributed by atoms with Crippen LogP contribution in [0.4, 0.5) is 5.69 Å². The quantitative estimate of drug-likeness (QED) is 0.746. The molecule has 1 unspecified atom stereocenters. The summed E-state index contributed by atoms with van der Waals surface area (Å²) in [5.74, 6) is 0. The fraction of sp³-hybridized carbons (Fsp3) is 0.667. The molecule has 1 rings (SSSR count). The molecule has 1 atom stereocenters. The number of hydrogen-bond acceptors (Lipinski definition) is 4. The molecule has 0 amide bonds. The summed E-state index contributed by atoms with van der Waals surface area (Å²) in [4.78, 5) is 14.1. The van der Waals surface area contributed by atoms with Crippen molar-refractivity contribution >= 4 is 5.69 Å². The van der Waals surface area contributed by atoms with Gasteiger partial charge in [-0.25, -0.2) is 0 Å². The van der Waals surface area contributed by atoms with Crippen molar-refractivity contribution in [2.45, 2.75) is 39.3 Å². The van der Waals surface area contributed by atoms with E-state index in [0.29, 0.717) is 18.3 Å². The number of pyridine rings is 1. The monoisotopic (exact) mass is 281 g/mol. The van der Waals surface area contributed by atoms with Gasteiger partial charge in [-0.15, -0.1) is 0 Å². The Hall–Kier alpha value is -1.33. The number of anilines is 1. The number of aryl methyl sites for hydroxylation is 1. The van der Waals surface area contributed by atoms with Crippen LogP contribution in [0.15, 0.2) is 23.1 Å². The van der Waals surface area contributed by atoms with Crippen LogP contribution in [-0.2, 0) is 11.3 Å². The van der Waals surface area contributed by atoms with Crippen molar-refractivity contribution in [1.82, 2.24) is 9.47 Å². The molecule has 1 heterocycles. The zero-order valence-electron chi connectivity index (χ0n) is 12.8. The van der Waals surface area contributed by atoms with Crippen molar-refractivity contribution in [2.75, 3.05) is 32.5 Å². The first-order chi connectivity index (χ1) is 9.58. The molecular formula is C15H27N3O2. The fourth-order valence-corrected chi connectivity index (χ4v) is 2.19. The molecule has 2 N–H and O–H groups in total. The van der Waals surface area contributed by atoms with Crippen LogP contribution in [0.5, 0.6) is 0 Å². The van der Waals surface area contributed by atoms with Crippen LogP contribution in [0.1, 0.15) is 26.7 Å².